The quantitative estimate of drug-likeness (QED) is 0.544. The van der Waals surface area contributed by atoms with Gasteiger partial charge in [-0.25, -0.2) is 0 Å². The third-order valence-corrected chi connectivity index (χ3v) is 3.87. The summed E-state index contributed by atoms with van der Waals surface area (Å²) in [5.74, 6) is 3.65. The van der Waals surface area contributed by atoms with Crippen LogP contribution in [0, 0.1) is 23.7 Å². The zero-order valence-corrected chi connectivity index (χ0v) is 8.21. The fourth-order valence-electron chi connectivity index (χ4n) is 3.03. The Morgan fingerprint density at radius 2 is 2.17 bits per heavy atom. The third-order valence-electron chi connectivity index (χ3n) is 3.87. The molecule has 0 aliphatic heterocycles. The molecular weight excluding hydrogens is 148 g/mol. The Balaban J connectivity index is 2.13. The molecule has 4 atom stereocenters. The van der Waals surface area contributed by atoms with Gasteiger partial charge in [0, 0.05) is 0 Å². The van der Waals surface area contributed by atoms with Crippen LogP contribution in [0.1, 0.15) is 26.7 Å². The van der Waals surface area contributed by atoms with Gasteiger partial charge in [0.2, 0.25) is 0 Å². The Kier molecular flexibility index (Phi) is 1.90. The van der Waals surface area contributed by atoms with Crippen LogP contribution in [0.2, 0.25) is 0 Å². The highest BCUT2D eigenvalue weighted by Crippen LogP contribution is 2.55. The Labute approximate surface area is 74.8 Å². The summed E-state index contributed by atoms with van der Waals surface area (Å²) < 4.78 is 5.11. The summed E-state index contributed by atoms with van der Waals surface area (Å²) in [6.45, 7) is 4.76. The maximum atomic E-state index is 5.11. The normalized spacial score (nSPS) is 48.8. The van der Waals surface area contributed by atoms with Gasteiger partial charge < -0.3 is 4.74 Å². The van der Waals surface area contributed by atoms with Crippen molar-refractivity contribution in [2.75, 3.05) is 7.11 Å². The van der Waals surface area contributed by atoms with Crippen LogP contribution in [-0.2, 0) is 4.74 Å². The van der Waals surface area contributed by atoms with E-state index in [2.05, 4.69) is 13.8 Å². The van der Waals surface area contributed by atoms with Gasteiger partial charge in [-0.15, -0.1) is 0 Å². The number of rotatable bonds is 1. The molecule has 12 heavy (non-hydrogen) atoms. The first-order chi connectivity index (χ1) is 5.74. The number of fused-ring (bicyclic) bond motifs is 2. The van der Waals surface area contributed by atoms with Gasteiger partial charge >= 0.3 is 0 Å². The van der Waals surface area contributed by atoms with Gasteiger partial charge in [0.25, 0.3) is 0 Å². The zero-order chi connectivity index (χ0) is 8.72. The first kappa shape index (κ1) is 8.15. The molecule has 3 aliphatic carbocycles. The molecule has 0 aromatic rings. The smallest absolute Gasteiger partial charge is 0.0819 e. The Morgan fingerprint density at radius 3 is 2.67 bits per heavy atom. The molecule has 0 N–H and O–H groups in total. The fourth-order valence-corrected chi connectivity index (χ4v) is 3.03. The minimum absolute atomic E-state index is 0.853. The number of hydrogen-bond donors (Lipinski definition) is 0. The van der Waals surface area contributed by atoms with Gasteiger partial charge in [0.1, 0.15) is 0 Å². The van der Waals surface area contributed by atoms with Crippen LogP contribution < -0.4 is 0 Å². The average molecular weight is 166 g/mol. The van der Waals surface area contributed by atoms with Crippen LogP contribution in [0.15, 0.2) is 11.8 Å². The van der Waals surface area contributed by atoms with E-state index in [1.807, 2.05) is 6.26 Å². The van der Waals surface area contributed by atoms with Crippen molar-refractivity contribution < 1.29 is 4.74 Å². The summed E-state index contributed by atoms with van der Waals surface area (Å²) in [5, 5.41) is 0. The molecule has 0 aromatic carbocycles. The first-order valence-corrected chi connectivity index (χ1v) is 4.95. The molecule has 1 heteroatoms. The second kappa shape index (κ2) is 2.79. The van der Waals surface area contributed by atoms with E-state index in [1.165, 1.54) is 12.8 Å². The highest BCUT2D eigenvalue weighted by Gasteiger charge is 2.47. The largest absolute Gasteiger partial charge is 0.504 e. The summed E-state index contributed by atoms with van der Waals surface area (Å²) in [4.78, 5) is 0. The van der Waals surface area contributed by atoms with Crippen LogP contribution in [-0.4, -0.2) is 7.11 Å². The minimum atomic E-state index is 0.853. The lowest BCUT2D eigenvalue weighted by Gasteiger charge is -2.52. The van der Waals surface area contributed by atoms with Crippen LogP contribution >= 0.6 is 0 Å². The summed E-state index contributed by atoms with van der Waals surface area (Å²) in [7, 11) is 1.76. The molecule has 1 nitrogen and oxygen atoms in total. The predicted octanol–water partition coefficient (Wildman–Crippen LogP) is 2.83. The average Bonchev–Trinajstić information content (AvgIpc) is 2.02. The molecule has 0 heterocycles. The molecule has 3 rings (SSSR count). The van der Waals surface area contributed by atoms with Crippen molar-refractivity contribution in [2.45, 2.75) is 26.7 Å². The molecule has 0 spiro atoms. The monoisotopic (exact) mass is 166 g/mol. The van der Waals surface area contributed by atoms with E-state index in [0.29, 0.717) is 0 Å². The van der Waals surface area contributed by atoms with Gasteiger partial charge in [0.15, 0.2) is 0 Å². The molecule has 0 amide bonds. The van der Waals surface area contributed by atoms with Crippen molar-refractivity contribution in [3.63, 3.8) is 0 Å². The number of ether oxygens (including phenoxy) is 1. The fraction of sp³-hybridized carbons (Fsp3) is 0.818. The van der Waals surface area contributed by atoms with E-state index in [4.69, 9.17) is 4.74 Å². The lowest BCUT2D eigenvalue weighted by Crippen LogP contribution is -2.44. The maximum Gasteiger partial charge on any atom is 0.0819 e. The van der Waals surface area contributed by atoms with Crippen LogP contribution in [0.5, 0.6) is 0 Å². The molecular formula is C11H18O. The molecule has 0 radical (unpaired) electrons. The van der Waals surface area contributed by atoms with Gasteiger partial charge in [-0.1, -0.05) is 13.8 Å². The summed E-state index contributed by atoms with van der Waals surface area (Å²) in [5.41, 5.74) is 1.56. The van der Waals surface area contributed by atoms with Crippen molar-refractivity contribution in [1.82, 2.24) is 0 Å². The van der Waals surface area contributed by atoms with E-state index < -0.39 is 0 Å². The molecule has 1 unspecified atom stereocenters. The summed E-state index contributed by atoms with van der Waals surface area (Å²) in [6.07, 6.45) is 4.66. The SMILES string of the molecule is CO/C=C1\C[C@@H](C)[C@@H]2C[C@H]1C2C. The van der Waals surface area contributed by atoms with Gasteiger partial charge in [-0.05, 0) is 42.1 Å². The molecule has 0 aromatic heterocycles. The first-order valence-electron chi connectivity index (χ1n) is 4.95. The molecule has 68 valence electrons. The molecule has 2 bridgehead atoms. The van der Waals surface area contributed by atoms with Gasteiger partial charge in [-0.3, -0.25) is 0 Å². The third kappa shape index (κ3) is 0.988. The second-order valence-corrected chi connectivity index (χ2v) is 4.48. The van der Waals surface area contributed by atoms with Crippen molar-refractivity contribution in [2.24, 2.45) is 23.7 Å². The lowest BCUT2D eigenvalue weighted by atomic mass is 9.52. The van der Waals surface area contributed by atoms with Crippen LogP contribution in [0.3, 0.4) is 0 Å². The van der Waals surface area contributed by atoms with E-state index in [9.17, 15) is 0 Å². The molecule has 3 saturated carbocycles. The van der Waals surface area contributed by atoms with E-state index in [-0.39, 0.29) is 0 Å². The van der Waals surface area contributed by atoms with Gasteiger partial charge in [-0.2, -0.15) is 0 Å². The van der Waals surface area contributed by atoms with Crippen molar-refractivity contribution in [1.29, 1.82) is 0 Å². The summed E-state index contributed by atoms with van der Waals surface area (Å²) in [6, 6.07) is 0. The minimum Gasteiger partial charge on any atom is -0.504 e. The van der Waals surface area contributed by atoms with Crippen LogP contribution in [0.4, 0.5) is 0 Å². The van der Waals surface area contributed by atoms with Crippen LogP contribution in [0.25, 0.3) is 0 Å². The summed E-state index contributed by atoms with van der Waals surface area (Å²) >= 11 is 0. The van der Waals surface area contributed by atoms with E-state index >= 15 is 0 Å². The van der Waals surface area contributed by atoms with E-state index in [0.717, 1.165) is 23.7 Å². The molecule has 3 aliphatic rings. The standard InChI is InChI=1S/C11H18O/c1-7-4-9(6-12-3)11-5-10(7)8(11)2/h6-8,10-11H,4-5H2,1-3H3/b9-6+/t7-,8?,10+,11+/m1/s1. The number of allylic oxidation sites excluding steroid dienone is 1. The Bertz CT molecular complexity index is 203. The Hall–Kier alpha value is -0.460. The highest BCUT2D eigenvalue weighted by molar-refractivity contribution is 5.17. The highest BCUT2D eigenvalue weighted by atomic mass is 16.5. The number of hydrogen-bond acceptors (Lipinski definition) is 1. The zero-order valence-electron chi connectivity index (χ0n) is 8.21. The van der Waals surface area contributed by atoms with Gasteiger partial charge in [0.05, 0.1) is 13.4 Å². The lowest BCUT2D eigenvalue weighted by molar-refractivity contribution is 0.0243. The van der Waals surface area contributed by atoms with Crippen molar-refractivity contribution in [3.8, 4) is 0 Å². The number of methoxy groups -OCH3 is 1. The molecule has 3 fully saturated rings. The second-order valence-electron chi connectivity index (χ2n) is 4.48. The van der Waals surface area contributed by atoms with E-state index in [1.54, 1.807) is 12.7 Å². The van der Waals surface area contributed by atoms with Crippen molar-refractivity contribution in [3.05, 3.63) is 11.8 Å². The Morgan fingerprint density at radius 1 is 1.42 bits per heavy atom. The predicted molar refractivity (Wildman–Crippen MR) is 49.6 cm³/mol. The topological polar surface area (TPSA) is 9.23 Å². The molecule has 0 saturated heterocycles. The van der Waals surface area contributed by atoms with Crippen molar-refractivity contribution >= 4 is 0 Å². The maximum absolute atomic E-state index is 5.11.